The quantitative estimate of drug-likeness (QED) is 0.942. The Bertz CT molecular complexity index is 803. The van der Waals surface area contributed by atoms with E-state index in [9.17, 15) is 17.6 Å². The number of rotatable bonds is 4. The van der Waals surface area contributed by atoms with Gasteiger partial charge >= 0.3 is 0 Å². The third-order valence-corrected chi connectivity index (χ3v) is 5.47. The summed E-state index contributed by atoms with van der Waals surface area (Å²) in [4.78, 5) is 11.7. The molecule has 2 aromatic carbocycles. The highest BCUT2D eigenvalue weighted by molar-refractivity contribution is 7.92. The smallest absolute Gasteiger partial charge is 0.242 e. The summed E-state index contributed by atoms with van der Waals surface area (Å²) in [6.45, 7) is 3.04. The van der Waals surface area contributed by atoms with Gasteiger partial charge in [0.15, 0.2) is 9.84 Å². The number of hydrogen-bond donors (Lipinski definition) is 1. The second kappa shape index (κ2) is 6.27. The molecule has 0 saturated carbocycles. The Kier molecular flexibility index (Phi) is 4.61. The predicted octanol–water partition coefficient (Wildman–Crippen LogP) is 2.94. The monoisotopic (exact) mass is 321 g/mol. The lowest BCUT2D eigenvalue weighted by atomic mass is 10.2. The minimum atomic E-state index is -4.09. The number of amides is 1. The Morgan fingerprint density at radius 1 is 1.09 bits per heavy atom. The molecule has 0 bridgehead atoms. The SMILES string of the molecule is Cc1ccccc1NC(=O)C(C)S(=O)(=O)c1ccccc1F. The van der Waals surface area contributed by atoms with Crippen molar-refractivity contribution in [3.63, 3.8) is 0 Å². The number of anilines is 1. The van der Waals surface area contributed by atoms with Crippen LogP contribution in [0.15, 0.2) is 53.4 Å². The number of para-hydroxylation sites is 1. The molecule has 2 aromatic rings. The van der Waals surface area contributed by atoms with Crippen LogP contribution in [-0.2, 0) is 14.6 Å². The molecule has 1 N–H and O–H groups in total. The van der Waals surface area contributed by atoms with Crippen LogP contribution >= 0.6 is 0 Å². The van der Waals surface area contributed by atoms with Gasteiger partial charge in [-0.2, -0.15) is 0 Å². The molecule has 4 nitrogen and oxygen atoms in total. The van der Waals surface area contributed by atoms with Gasteiger partial charge in [-0.15, -0.1) is 0 Å². The van der Waals surface area contributed by atoms with Crippen LogP contribution < -0.4 is 5.32 Å². The van der Waals surface area contributed by atoms with E-state index in [1.165, 1.54) is 19.1 Å². The highest BCUT2D eigenvalue weighted by Gasteiger charge is 2.32. The molecule has 116 valence electrons. The lowest BCUT2D eigenvalue weighted by Gasteiger charge is -2.15. The molecule has 0 aliphatic rings. The summed E-state index contributed by atoms with van der Waals surface area (Å²) in [5.41, 5.74) is 1.34. The average Bonchev–Trinajstić information content (AvgIpc) is 2.49. The van der Waals surface area contributed by atoms with Gasteiger partial charge < -0.3 is 5.32 Å². The molecular weight excluding hydrogens is 305 g/mol. The van der Waals surface area contributed by atoms with E-state index < -0.39 is 31.7 Å². The van der Waals surface area contributed by atoms with Crippen LogP contribution in [0.25, 0.3) is 0 Å². The lowest BCUT2D eigenvalue weighted by molar-refractivity contribution is -0.115. The number of carbonyl (C=O) groups excluding carboxylic acids is 1. The van der Waals surface area contributed by atoms with E-state index in [0.29, 0.717) is 5.69 Å². The van der Waals surface area contributed by atoms with E-state index in [0.717, 1.165) is 17.7 Å². The second-order valence-electron chi connectivity index (χ2n) is 4.92. The number of aryl methyl sites for hydroxylation is 1. The van der Waals surface area contributed by atoms with Crippen molar-refractivity contribution < 1.29 is 17.6 Å². The first-order valence-corrected chi connectivity index (χ1v) is 8.23. The summed E-state index contributed by atoms with van der Waals surface area (Å²) in [7, 11) is -4.09. The Hall–Kier alpha value is -2.21. The van der Waals surface area contributed by atoms with Crippen molar-refractivity contribution in [2.75, 3.05) is 5.32 Å². The molecule has 0 aliphatic carbocycles. The van der Waals surface area contributed by atoms with Crippen molar-refractivity contribution in [1.82, 2.24) is 0 Å². The number of carbonyl (C=O) groups is 1. The molecule has 0 radical (unpaired) electrons. The average molecular weight is 321 g/mol. The molecule has 22 heavy (non-hydrogen) atoms. The van der Waals surface area contributed by atoms with Gasteiger partial charge in [-0.3, -0.25) is 4.79 Å². The third kappa shape index (κ3) is 3.17. The Morgan fingerprint density at radius 3 is 2.32 bits per heavy atom. The first-order chi connectivity index (χ1) is 10.3. The number of halogens is 1. The fourth-order valence-electron chi connectivity index (χ4n) is 1.95. The predicted molar refractivity (Wildman–Crippen MR) is 82.9 cm³/mol. The molecule has 0 spiro atoms. The summed E-state index contributed by atoms with van der Waals surface area (Å²) in [6, 6.07) is 12.0. The van der Waals surface area contributed by atoms with Crippen LogP contribution in [0.3, 0.4) is 0 Å². The minimum Gasteiger partial charge on any atom is -0.325 e. The zero-order valence-electron chi connectivity index (χ0n) is 12.2. The molecule has 0 aromatic heterocycles. The zero-order chi connectivity index (χ0) is 16.3. The minimum absolute atomic E-state index is 0.470. The van der Waals surface area contributed by atoms with Gasteiger partial charge in [0.1, 0.15) is 16.0 Å². The molecule has 2 rings (SSSR count). The Balaban J connectivity index is 2.27. The van der Waals surface area contributed by atoms with Gasteiger partial charge in [-0.05, 0) is 37.6 Å². The first-order valence-electron chi connectivity index (χ1n) is 6.69. The molecule has 1 atom stereocenters. The van der Waals surface area contributed by atoms with E-state index >= 15 is 0 Å². The molecule has 6 heteroatoms. The summed E-state index contributed by atoms with van der Waals surface area (Å²) < 4.78 is 38.4. The van der Waals surface area contributed by atoms with Gasteiger partial charge in [-0.25, -0.2) is 12.8 Å². The van der Waals surface area contributed by atoms with E-state index in [-0.39, 0.29) is 0 Å². The van der Waals surface area contributed by atoms with Gasteiger partial charge in [-0.1, -0.05) is 30.3 Å². The van der Waals surface area contributed by atoms with Gasteiger partial charge in [0.2, 0.25) is 5.91 Å². The van der Waals surface area contributed by atoms with Gasteiger partial charge in [0.25, 0.3) is 0 Å². The van der Waals surface area contributed by atoms with Crippen molar-refractivity contribution in [2.24, 2.45) is 0 Å². The standard InChI is InChI=1S/C16H16FNO3S/c1-11-7-3-5-9-14(11)18-16(19)12(2)22(20,21)15-10-6-4-8-13(15)17/h3-10,12H,1-2H3,(H,18,19). The van der Waals surface area contributed by atoms with E-state index in [4.69, 9.17) is 0 Å². The molecule has 0 aliphatic heterocycles. The highest BCUT2D eigenvalue weighted by Crippen LogP contribution is 2.21. The summed E-state index contributed by atoms with van der Waals surface area (Å²) in [5.74, 6) is -1.56. The Morgan fingerprint density at radius 2 is 1.68 bits per heavy atom. The van der Waals surface area contributed by atoms with Crippen molar-refractivity contribution in [3.05, 3.63) is 59.9 Å². The van der Waals surface area contributed by atoms with E-state index in [1.807, 2.05) is 6.07 Å². The topological polar surface area (TPSA) is 63.2 Å². The highest BCUT2D eigenvalue weighted by atomic mass is 32.2. The van der Waals surface area contributed by atoms with Gasteiger partial charge in [0.05, 0.1) is 0 Å². The maximum atomic E-state index is 13.7. The number of hydrogen-bond acceptors (Lipinski definition) is 3. The van der Waals surface area contributed by atoms with Crippen LogP contribution in [0.1, 0.15) is 12.5 Å². The molecule has 1 amide bonds. The normalized spacial score (nSPS) is 12.7. The molecule has 0 saturated heterocycles. The van der Waals surface area contributed by atoms with Crippen LogP contribution in [-0.4, -0.2) is 19.6 Å². The third-order valence-electron chi connectivity index (χ3n) is 3.38. The van der Waals surface area contributed by atoms with Crippen molar-refractivity contribution in [1.29, 1.82) is 0 Å². The number of nitrogens with one attached hydrogen (secondary N) is 1. The molecule has 0 fully saturated rings. The molecular formula is C16H16FNO3S. The fraction of sp³-hybridized carbons (Fsp3) is 0.188. The van der Waals surface area contributed by atoms with Crippen LogP contribution in [0, 0.1) is 12.7 Å². The summed E-state index contributed by atoms with van der Waals surface area (Å²) in [5, 5.41) is 1.17. The Labute approximate surface area is 128 Å². The van der Waals surface area contributed by atoms with Crippen molar-refractivity contribution >= 4 is 21.4 Å². The molecule has 0 heterocycles. The van der Waals surface area contributed by atoms with Crippen LogP contribution in [0.5, 0.6) is 0 Å². The first kappa shape index (κ1) is 16.2. The largest absolute Gasteiger partial charge is 0.325 e. The van der Waals surface area contributed by atoms with Crippen molar-refractivity contribution in [2.45, 2.75) is 24.0 Å². The summed E-state index contributed by atoms with van der Waals surface area (Å²) in [6.07, 6.45) is 0. The second-order valence-corrected chi connectivity index (χ2v) is 7.16. The van der Waals surface area contributed by atoms with E-state index in [2.05, 4.69) is 5.32 Å². The maximum absolute atomic E-state index is 13.7. The van der Waals surface area contributed by atoms with E-state index in [1.54, 1.807) is 25.1 Å². The van der Waals surface area contributed by atoms with Crippen molar-refractivity contribution in [3.8, 4) is 0 Å². The number of benzene rings is 2. The number of sulfone groups is 1. The van der Waals surface area contributed by atoms with Crippen LogP contribution in [0.2, 0.25) is 0 Å². The summed E-state index contributed by atoms with van der Waals surface area (Å²) >= 11 is 0. The van der Waals surface area contributed by atoms with Gasteiger partial charge in [0, 0.05) is 5.69 Å². The zero-order valence-corrected chi connectivity index (χ0v) is 13.0. The molecule has 1 unspecified atom stereocenters. The fourth-order valence-corrected chi connectivity index (χ4v) is 3.28. The lowest BCUT2D eigenvalue weighted by Crippen LogP contribution is -2.33. The maximum Gasteiger partial charge on any atom is 0.242 e. The van der Waals surface area contributed by atoms with Crippen LogP contribution in [0.4, 0.5) is 10.1 Å².